The molecule has 124 valence electrons. The van der Waals surface area contributed by atoms with Crippen molar-refractivity contribution in [2.24, 2.45) is 0 Å². The molecule has 0 bridgehead atoms. The van der Waals surface area contributed by atoms with Gasteiger partial charge in [-0.25, -0.2) is 15.0 Å². The van der Waals surface area contributed by atoms with Crippen molar-refractivity contribution in [3.05, 3.63) is 65.4 Å². The summed E-state index contributed by atoms with van der Waals surface area (Å²) >= 11 is 6.08. The maximum Gasteiger partial charge on any atom is 0.261 e. The number of carbonyl (C=O) groups excluding carboxylic acids is 2. The van der Waals surface area contributed by atoms with E-state index >= 15 is 0 Å². The molecule has 3 aromatic rings. The maximum atomic E-state index is 12.3. The van der Waals surface area contributed by atoms with E-state index in [0.29, 0.717) is 34.0 Å². The first kappa shape index (κ1) is 15.5. The summed E-state index contributed by atoms with van der Waals surface area (Å²) in [5.74, 6) is -0.537. The van der Waals surface area contributed by atoms with Gasteiger partial charge in [-0.1, -0.05) is 35.9 Å². The molecule has 25 heavy (non-hydrogen) atoms. The van der Waals surface area contributed by atoms with E-state index in [2.05, 4.69) is 15.0 Å². The molecular formula is C17H12ClN5O2. The summed E-state index contributed by atoms with van der Waals surface area (Å²) in [6, 6.07) is 6.83. The van der Waals surface area contributed by atoms with Gasteiger partial charge in [0.1, 0.15) is 11.8 Å². The molecule has 4 rings (SSSR count). The predicted octanol–water partition coefficient (Wildman–Crippen LogP) is 2.33. The van der Waals surface area contributed by atoms with Crippen molar-refractivity contribution < 1.29 is 9.59 Å². The van der Waals surface area contributed by atoms with E-state index in [0.717, 1.165) is 0 Å². The highest BCUT2D eigenvalue weighted by atomic mass is 35.5. The SMILES string of the molecule is O=C1c2ccccc2C(=O)N1C/C=C\Cn1cnc2ncnc(Cl)c21. The summed E-state index contributed by atoms with van der Waals surface area (Å²) in [6.45, 7) is 0.690. The third-order valence-corrected chi connectivity index (χ3v) is 4.28. The van der Waals surface area contributed by atoms with Crippen molar-refractivity contribution >= 4 is 34.6 Å². The molecule has 1 aliphatic rings. The van der Waals surface area contributed by atoms with Gasteiger partial charge in [0.2, 0.25) is 0 Å². The average Bonchev–Trinajstić information content (AvgIpc) is 3.14. The molecule has 3 heterocycles. The molecule has 7 nitrogen and oxygen atoms in total. The normalized spacial score (nSPS) is 14.0. The van der Waals surface area contributed by atoms with Crippen molar-refractivity contribution in [1.29, 1.82) is 0 Å². The van der Waals surface area contributed by atoms with Gasteiger partial charge in [-0.2, -0.15) is 0 Å². The minimum atomic E-state index is -0.269. The lowest BCUT2D eigenvalue weighted by Crippen LogP contribution is -2.29. The van der Waals surface area contributed by atoms with Crippen LogP contribution in [0.2, 0.25) is 5.15 Å². The summed E-state index contributed by atoms with van der Waals surface area (Å²) in [5.41, 5.74) is 2.07. The Morgan fingerprint density at radius 3 is 2.36 bits per heavy atom. The Morgan fingerprint density at radius 1 is 0.960 bits per heavy atom. The number of carbonyl (C=O) groups is 2. The number of amides is 2. The molecule has 0 unspecified atom stereocenters. The van der Waals surface area contributed by atoms with Crippen LogP contribution in [0.15, 0.2) is 49.1 Å². The first-order valence-electron chi connectivity index (χ1n) is 7.58. The number of benzene rings is 1. The van der Waals surface area contributed by atoms with Crippen LogP contribution in [-0.4, -0.2) is 42.8 Å². The zero-order chi connectivity index (χ0) is 17.4. The van der Waals surface area contributed by atoms with E-state index in [4.69, 9.17) is 11.6 Å². The summed E-state index contributed by atoms with van der Waals surface area (Å²) in [7, 11) is 0. The molecule has 0 atom stereocenters. The van der Waals surface area contributed by atoms with Crippen LogP contribution >= 0.6 is 11.6 Å². The third kappa shape index (κ3) is 2.58. The van der Waals surface area contributed by atoms with Crippen LogP contribution in [0.25, 0.3) is 11.2 Å². The summed E-state index contributed by atoms with van der Waals surface area (Å²) in [6.07, 6.45) is 6.59. The number of hydrogen-bond acceptors (Lipinski definition) is 5. The second-order valence-electron chi connectivity index (χ2n) is 5.47. The van der Waals surface area contributed by atoms with E-state index in [9.17, 15) is 9.59 Å². The van der Waals surface area contributed by atoms with E-state index < -0.39 is 0 Å². The highest BCUT2D eigenvalue weighted by Gasteiger charge is 2.33. The molecule has 2 aromatic heterocycles. The van der Waals surface area contributed by atoms with Gasteiger partial charge >= 0.3 is 0 Å². The Bertz CT molecular complexity index is 992. The number of halogens is 1. The van der Waals surface area contributed by atoms with Gasteiger partial charge in [0, 0.05) is 13.1 Å². The minimum absolute atomic E-state index is 0.212. The smallest absolute Gasteiger partial charge is 0.261 e. The standard InChI is InChI=1S/C17H12ClN5O2/c18-14-13-15(20-9-19-14)21-10-22(13)7-3-4-8-23-16(24)11-5-1-2-6-12(11)17(23)25/h1-6,9-10H,7-8H2/b4-3-. The number of hydrogen-bond donors (Lipinski definition) is 0. The monoisotopic (exact) mass is 353 g/mol. The topological polar surface area (TPSA) is 81.0 Å². The lowest BCUT2D eigenvalue weighted by Gasteiger charge is -2.10. The zero-order valence-corrected chi connectivity index (χ0v) is 13.7. The first-order chi connectivity index (χ1) is 12.2. The van der Waals surface area contributed by atoms with Crippen molar-refractivity contribution in [1.82, 2.24) is 24.4 Å². The van der Waals surface area contributed by atoms with Crippen molar-refractivity contribution in [2.75, 3.05) is 6.54 Å². The zero-order valence-electron chi connectivity index (χ0n) is 13.0. The fraction of sp³-hybridized carbons (Fsp3) is 0.118. The predicted molar refractivity (Wildman–Crippen MR) is 91.3 cm³/mol. The second kappa shape index (κ2) is 6.10. The molecule has 1 aromatic carbocycles. The Morgan fingerprint density at radius 2 is 1.64 bits per heavy atom. The van der Waals surface area contributed by atoms with Crippen molar-refractivity contribution in [2.45, 2.75) is 6.54 Å². The van der Waals surface area contributed by atoms with E-state index in [-0.39, 0.29) is 18.4 Å². The van der Waals surface area contributed by atoms with Gasteiger partial charge in [-0.15, -0.1) is 0 Å². The van der Waals surface area contributed by atoms with E-state index in [1.165, 1.54) is 11.2 Å². The van der Waals surface area contributed by atoms with Crippen molar-refractivity contribution in [3.63, 3.8) is 0 Å². The number of aromatic nitrogens is 4. The van der Waals surface area contributed by atoms with Crippen LogP contribution in [0.3, 0.4) is 0 Å². The Hall–Kier alpha value is -3.06. The average molecular weight is 354 g/mol. The number of imidazole rings is 1. The highest BCUT2D eigenvalue weighted by molar-refractivity contribution is 6.33. The Balaban J connectivity index is 1.47. The molecule has 0 N–H and O–H groups in total. The number of allylic oxidation sites excluding steroid dienone is 1. The number of nitrogens with zero attached hydrogens (tertiary/aromatic N) is 5. The van der Waals surface area contributed by atoms with E-state index in [1.807, 2.05) is 6.08 Å². The summed E-state index contributed by atoms with van der Waals surface area (Å²) < 4.78 is 1.80. The van der Waals surface area contributed by atoms with Crippen LogP contribution < -0.4 is 0 Å². The van der Waals surface area contributed by atoms with Crippen LogP contribution in [-0.2, 0) is 6.54 Å². The fourth-order valence-corrected chi connectivity index (χ4v) is 3.02. The highest BCUT2D eigenvalue weighted by Crippen LogP contribution is 2.22. The number of fused-ring (bicyclic) bond motifs is 2. The van der Waals surface area contributed by atoms with Crippen molar-refractivity contribution in [3.8, 4) is 0 Å². The number of rotatable bonds is 4. The number of imide groups is 1. The quantitative estimate of drug-likeness (QED) is 0.408. The Kier molecular flexibility index (Phi) is 3.77. The largest absolute Gasteiger partial charge is 0.323 e. The molecule has 0 saturated carbocycles. The minimum Gasteiger partial charge on any atom is -0.323 e. The van der Waals surface area contributed by atoms with Gasteiger partial charge in [-0.05, 0) is 12.1 Å². The molecule has 0 radical (unpaired) electrons. The third-order valence-electron chi connectivity index (χ3n) is 4.00. The molecule has 0 saturated heterocycles. The van der Waals surface area contributed by atoms with Crippen LogP contribution in [0.4, 0.5) is 0 Å². The molecule has 0 fully saturated rings. The van der Waals surface area contributed by atoms with Gasteiger partial charge in [0.25, 0.3) is 11.8 Å². The summed E-state index contributed by atoms with van der Waals surface area (Å²) in [4.78, 5) is 37.9. The van der Waals surface area contributed by atoms with Gasteiger partial charge < -0.3 is 4.57 Å². The molecule has 8 heteroatoms. The molecule has 0 aliphatic carbocycles. The van der Waals surface area contributed by atoms with Crippen LogP contribution in [0.1, 0.15) is 20.7 Å². The lowest BCUT2D eigenvalue weighted by molar-refractivity contribution is 0.0672. The maximum absolute atomic E-state index is 12.3. The molecular weight excluding hydrogens is 342 g/mol. The second-order valence-corrected chi connectivity index (χ2v) is 5.83. The van der Waals surface area contributed by atoms with Crippen LogP contribution in [0, 0.1) is 0 Å². The molecule has 2 amide bonds. The van der Waals surface area contributed by atoms with Gasteiger partial charge in [0.05, 0.1) is 17.5 Å². The lowest BCUT2D eigenvalue weighted by atomic mass is 10.1. The summed E-state index contributed by atoms with van der Waals surface area (Å²) in [5, 5.41) is 0.330. The Labute approximate surface area is 147 Å². The van der Waals surface area contributed by atoms with Gasteiger partial charge in [-0.3, -0.25) is 14.5 Å². The van der Waals surface area contributed by atoms with E-state index in [1.54, 1.807) is 41.2 Å². The van der Waals surface area contributed by atoms with Crippen LogP contribution in [0.5, 0.6) is 0 Å². The first-order valence-corrected chi connectivity index (χ1v) is 7.96. The fourth-order valence-electron chi connectivity index (χ4n) is 2.78. The molecule has 1 aliphatic heterocycles. The molecule has 0 spiro atoms. The van der Waals surface area contributed by atoms with Gasteiger partial charge in [0.15, 0.2) is 10.8 Å².